The van der Waals surface area contributed by atoms with Crippen LogP contribution < -0.4 is 10.1 Å². The van der Waals surface area contributed by atoms with Gasteiger partial charge in [0.05, 0.1) is 11.7 Å². The predicted octanol–water partition coefficient (Wildman–Crippen LogP) is 4.35. The molecular formula is C14H21F3N2O. The van der Waals surface area contributed by atoms with Crippen molar-refractivity contribution in [1.29, 1.82) is 0 Å². The molecule has 114 valence electrons. The maximum absolute atomic E-state index is 12.8. The second kappa shape index (κ2) is 6.81. The molecule has 1 atom stereocenters. The van der Waals surface area contributed by atoms with E-state index in [-0.39, 0.29) is 17.8 Å². The number of aromatic nitrogens is 1. The SMILES string of the molecule is CCNc1cc(C(F)(F)F)cc(OC(C)CC(C)C)n1. The van der Waals surface area contributed by atoms with Gasteiger partial charge in [0, 0.05) is 12.6 Å². The summed E-state index contributed by atoms with van der Waals surface area (Å²) in [7, 11) is 0. The van der Waals surface area contributed by atoms with Gasteiger partial charge < -0.3 is 10.1 Å². The Morgan fingerprint density at radius 1 is 1.25 bits per heavy atom. The molecule has 0 aromatic carbocycles. The van der Waals surface area contributed by atoms with E-state index in [9.17, 15) is 13.2 Å². The smallest absolute Gasteiger partial charge is 0.416 e. The molecule has 0 aliphatic carbocycles. The normalized spacial score (nSPS) is 13.4. The predicted molar refractivity (Wildman–Crippen MR) is 72.9 cm³/mol. The first-order chi connectivity index (χ1) is 9.22. The number of hydrogen-bond acceptors (Lipinski definition) is 3. The van der Waals surface area contributed by atoms with E-state index in [4.69, 9.17) is 4.74 Å². The summed E-state index contributed by atoms with van der Waals surface area (Å²) in [5, 5.41) is 2.78. The van der Waals surface area contributed by atoms with E-state index >= 15 is 0 Å². The average molecular weight is 290 g/mol. The van der Waals surface area contributed by atoms with Crippen LogP contribution in [0.3, 0.4) is 0 Å². The molecule has 0 radical (unpaired) electrons. The highest BCUT2D eigenvalue weighted by Crippen LogP contribution is 2.33. The molecular weight excluding hydrogens is 269 g/mol. The van der Waals surface area contributed by atoms with E-state index in [1.165, 1.54) is 0 Å². The van der Waals surface area contributed by atoms with Crippen LogP contribution in [0.5, 0.6) is 5.88 Å². The lowest BCUT2D eigenvalue weighted by molar-refractivity contribution is -0.137. The molecule has 0 spiro atoms. The van der Waals surface area contributed by atoms with Crippen molar-refractivity contribution >= 4 is 5.82 Å². The lowest BCUT2D eigenvalue weighted by atomic mass is 10.1. The summed E-state index contributed by atoms with van der Waals surface area (Å²) < 4.78 is 44.0. The first-order valence-corrected chi connectivity index (χ1v) is 6.72. The van der Waals surface area contributed by atoms with Gasteiger partial charge in [-0.25, -0.2) is 0 Å². The molecule has 6 heteroatoms. The van der Waals surface area contributed by atoms with Gasteiger partial charge in [0.1, 0.15) is 5.82 Å². The number of rotatable bonds is 6. The number of pyridine rings is 1. The van der Waals surface area contributed by atoms with Crippen molar-refractivity contribution in [2.24, 2.45) is 5.92 Å². The van der Waals surface area contributed by atoms with Gasteiger partial charge in [0.15, 0.2) is 0 Å². The fourth-order valence-electron chi connectivity index (χ4n) is 1.92. The Bertz CT molecular complexity index is 433. The molecule has 1 rings (SSSR count). The van der Waals surface area contributed by atoms with Gasteiger partial charge in [-0.3, -0.25) is 0 Å². The van der Waals surface area contributed by atoms with Crippen molar-refractivity contribution in [1.82, 2.24) is 4.98 Å². The third-order valence-electron chi connectivity index (χ3n) is 2.61. The number of ether oxygens (including phenoxy) is 1. The largest absolute Gasteiger partial charge is 0.475 e. The molecule has 1 aromatic rings. The number of alkyl halides is 3. The highest BCUT2D eigenvalue weighted by molar-refractivity contribution is 5.42. The Balaban J connectivity index is 2.97. The van der Waals surface area contributed by atoms with Crippen molar-refractivity contribution in [3.63, 3.8) is 0 Å². The van der Waals surface area contributed by atoms with Crippen molar-refractivity contribution < 1.29 is 17.9 Å². The Hall–Kier alpha value is -1.46. The van der Waals surface area contributed by atoms with Gasteiger partial charge in [0.2, 0.25) is 5.88 Å². The number of nitrogens with zero attached hydrogens (tertiary/aromatic N) is 1. The summed E-state index contributed by atoms with van der Waals surface area (Å²) in [6, 6.07) is 1.93. The van der Waals surface area contributed by atoms with Crippen molar-refractivity contribution in [3.05, 3.63) is 17.7 Å². The summed E-state index contributed by atoms with van der Waals surface area (Å²) in [6.45, 7) is 8.18. The topological polar surface area (TPSA) is 34.1 Å². The van der Waals surface area contributed by atoms with E-state index in [1.54, 1.807) is 6.92 Å². The molecule has 0 amide bonds. The summed E-state index contributed by atoms with van der Waals surface area (Å²) in [6.07, 6.45) is -3.83. The van der Waals surface area contributed by atoms with E-state index in [0.717, 1.165) is 18.6 Å². The Morgan fingerprint density at radius 2 is 1.90 bits per heavy atom. The summed E-state index contributed by atoms with van der Waals surface area (Å²) >= 11 is 0. The lowest BCUT2D eigenvalue weighted by Gasteiger charge is -2.18. The highest BCUT2D eigenvalue weighted by Gasteiger charge is 2.32. The van der Waals surface area contributed by atoms with Crippen molar-refractivity contribution in [3.8, 4) is 5.88 Å². The van der Waals surface area contributed by atoms with Gasteiger partial charge >= 0.3 is 6.18 Å². The minimum Gasteiger partial charge on any atom is -0.475 e. The van der Waals surface area contributed by atoms with Crippen LogP contribution in [0.1, 0.15) is 39.7 Å². The van der Waals surface area contributed by atoms with Crippen LogP contribution in [0.4, 0.5) is 19.0 Å². The molecule has 0 aliphatic rings. The first kappa shape index (κ1) is 16.6. The van der Waals surface area contributed by atoms with Gasteiger partial charge in [0.25, 0.3) is 0 Å². The Labute approximate surface area is 117 Å². The number of nitrogens with one attached hydrogen (secondary N) is 1. The molecule has 0 saturated heterocycles. The summed E-state index contributed by atoms with van der Waals surface area (Å²) in [4.78, 5) is 4.05. The fraction of sp³-hybridized carbons (Fsp3) is 0.643. The van der Waals surface area contributed by atoms with Gasteiger partial charge in [-0.15, -0.1) is 0 Å². The zero-order valence-corrected chi connectivity index (χ0v) is 12.2. The van der Waals surface area contributed by atoms with Crippen LogP contribution in [0.25, 0.3) is 0 Å². The van der Waals surface area contributed by atoms with Gasteiger partial charge in [-0.2, -0.15) is 18.2 Å². The summed E-state index contributed by atoms with van der Waals surface area (Å²) in [5.74, 6) is 0.585. The molecule has 1 heterocycles. The Kier molecular flexibility index (Phi) is 5.65. The lowest BCUT2D eigenvalue weighted by Crippen LogP contribution is -2.16. The average Bonchev–Trinajstić information content (AvgIpc) is 2.26. The Morgan fingerprint density at radius 3 is 2.40 bits per heavy atom. The standard InChI is InChI=1S/C14H21F3N2O/c1-5-18-12-7-11(14(15,16)17)8-13(19-12)20-10(4)6-9(2)3/h7-10H,5-6H2,1-4H3,(H,18,19). The third-order valence-corrected chi connectivity index (χ3v) is 2.61. The van der Waals surface area contributed by atoms with Gasteiger partial charge in [-0.05, 0) is 32.3 Å². The molecule has 0 saturated carbocycles. The quantitative estimate of drug-likeness (QED) is 0.846. The van der Waals surface area contributed by atoms with Crippen LogP contribution in [0.15, 0.2) is 12.1 Å². The van der Waals surface area contributed by atoms with Crippen LogP contribution in [0.2, 0.25) is 0 Å². The van der Waals surface area contributed by atoms with Crippen LogP contribution >= 0.6 is 0 Å². The molecule has 0 fully saturated rings. The number of halogens is 3. The monoisotopic (exact) mass is 290 g/mol. The second-order valence-electron chi connectivity index (χ2n) is 5.17. The summed E-state index contributed by atoms with van der Waals surface area (Å²) in [5.41, 5.74) is -0.754. The fourth-order valence-corrected chi connectivity index (χ4v) is 1.92. The molecule has 1 N–H and O–H groups in total. The molecule has 0 bridgehead atoms. The minimum atomic E-state index is -4.41. The van der Waals surface area contributed by atoms with Crippen LogP contribution in [0, 0.1) is 5.92 Å². The molecule has 1 unspecified atom stereocenters. The van der Waals surface area contributed by atoms with Crippen LogP contribution in [-0.4, -0.2) is 17.6 Å². The van der Waals surface area contributed by atoms with Crippen LogP contribution in [-0.2, 0) is 6.18 Å². The molecule has 3 nitrogen and oxygen atoms in total. The number of hydrogen-bond donors (Lipinski definition) is 1. The number of anilines is 1. The van der Waals surface area contributed by atoms with Gasteiger partial charge in [-0.1, -0.05) is 13.8 Å². The van der Waals surface area contributed by atoms with E-state index in [2.05, 4.69) is 10.3 Å². The minimum absolute atomic E-state index is 0.00363. The zero-order chi connectivity index (χ0) is 15.3. The van der Waals surface area contributed by atoms with E-state index < -0.39 is 11.7 Å². The second-order valence-corrected chi connectivity index (χ2v) is 5.17. The molecule has 0 aliphatic heterocycles. The molecule has 20 heavy (non-hydrogen) atoms. The van der Waals surface area contributed by atoms with E-state index in [0.29, 0.717) is 12.5 Å². The maximum Gasteiger partial charge on any atom is 0.416 e. The zero-order valence-electron chi connectivity index (χ0n) is 12.2. The van der Waals surface area contributed by atoms with Crippen molar-refractivity contribution in [2.75, 3.05) is 11.9 Å². The molecule has 1 aromatic heterocycles. The maximum atomic E-state index is 12.8. The third kappa shape index (κ3) is 5.27. The van der Waals surface area contributed by atoms with E-state index in [1.807, 2.05) is 20.8 Å². The first-order valence-electron chi connectivity index (χ1n) is 6.72. The van der Waals surface area contributed by atoms with Crippen molar-refractivity contribution in [2.45, 2.75) is 46.4 Å². The highest BCUT2D eigenvalue weighted by atomic mass is 19.4.